The van der Waals surface area contributed by atoms with Crippen molar-refractivity contribution in [2.75, 3.05) is 53.4 Å². The summed E-state index contributed by atoms with van der Waals surface area (Å²) in [6.45, 7) is 0.561. The third-order valence-electron chi connectivity index (χ3n) is 10.7. The fourth-order valence-electron chi connectivity index (χ4n) is 7.53. The monoisotopic (exact) mass is 749 g/mol. The lowest BCUT2D eigenvalue weighted by Gasteiger charge is -2.41. The van der Waals surface area contributed by atoms with Gasteiger partial charge >= 0.3 is 0 Å². The number of hydrogen-bond donors (Lipinski definition) is 3. The average molecular weight is 750 g/mol. The highest BCUT2D eigenvalue weighted by Gasteiger charge is 2.36. The topological polar surface area (TPSA) is 151 Å². The van der Waals surface area contributed by atoms with Crippen LogP contribution in [0.25, 0.3) is 21.8 Å². The van der Waals surface area contributed by atoms with Gasteiger partial charge in [0.2, 0.25) is 23.6 Å². The van der Waals surface area contributed by atoms with Crippen LogP contribution in [0.4, 0.5) is 4.39 Å². The number of benzene rings is 3. The van der Waals surface area contributed by atoms with Gasteiger partial charge in [-0.1, -0.05) is 36.4 Å². The first kappa shape index (κ1) is 37.1. The van der Waals surface area contributed by atoms with E-state index in [0.717, 1.165) is 39.0 Å². The highest BCUT2D eigenvalue weighted by atomic mass is 19.1. The van der Waals surface area contributed by atoms with Crippen LogP contribution in [0.1, 0.15) is 34.3 Å². The molecule has 0 radical (unpaired) electrons. The number of carbonyl (C=O) groups is 5. The molecule has 1 saturated heterocycles. The fourth-order valence-corrected chi connectivity index (χ4v) is 7.53. The van der Waals surface area contributed by atoms with E-state index < -0.39 is 29.7 Å². The Morgan fingerprint density at radius 2 is 1.58 bits per heavy atom. The number of carbonyl (C=O) groups excluding carboxylic acids is 5. The molecule has 4 heterocycles. The Bertz CT molecular complexity index is 2250. The third-order valence-corrected chi connectivity index (χ3v) is 10.7. The number of aromatic amines is 2. The maximum atomic E-state index is 14.7. The maximum absolute atomic E-state index is 14.7. The zero-order valence-corrected chi connectivity index (χ0v) is 30.8. The molecule has 7 rings (SSSR count). The molecule has 2 atom stereocenters. The van der Waals surface area contributed by atoms with Crippen molar-refractivity contribution in [1.82, 2.24) is 34.9 Å². The van der Waals surface area contributed by atoms with Gasteiger partial charge in [0, 0.05) is 80.9 Å². The normalized spacial score (nSPS) is 18.8. The SMILES string of the molecule is CN1CC(=O)N2CCN(C(=O)Cc3c[nH]c4ccccc34)C[C@H]2COc2ccc(F)cc2C(=O)N(C)[C@H](C(=O)NCCc2c[nH]c3ccccc23)CCC1=O. The Morgan fingerprint density at radius 3 is 2.33 bits per heavy atom. The standard InChI is InChI=1S/C41H44FN7O6/c1-46-24-39(52)49-18-17-48(38(51)19-27-22-45-34-10-6-4-8-31(27)34)23-29(49)25-55-36-13-11-28(42)20-32(36)41(54)47(2)35(12-14-37(46)50)40(53)43-16-15-26-21-44-33-9-5-3-7-30(26)33/h3-11,13,20-22,29,35,44-45H,12,14-19,23-25H2,1-2H3,(H,43,53)/t29-,35-/m0/s1. The van der Waals surface area contributed by atoms with Gasteiger partial charge in [-0.2, -0.15) is 0 Å². The number of ether oxygens (including phenoxy) is 1. The van der Waals surface area contributed by atoms with E-state index in [0.29, 0.717) is 6.42 Å². The van der Waals surface area contributed by atoms with Gasteiger partial charge < -0.3 is 39.6 Å². The summed E-state index contributed by atoms with van der Waals surface area (Å²) >= 11 is 0. The smallest absolute Gasteiger partial charge is 0.258 e. The minimum Gasteiger partial charge on any atom is -0.491 e. The molecule has 55 heavy (non-hydrogen) atoms. The number of fused-ring (bicyclic) bond motifs is 4. The molecule has 0 unspecified atom stereocenters. The summed E-state index contributed by atoms with van der Waals surface area (Å²) in [5, 5.41) is 4.92. The highest BCUT2D eigenvalue weighted by molar-refractivity contribution is 6.00. The molecule has 5 amide bonds. The number of aromatic nitrogens is 2. The van der Waals surface area contributed by atoms with Crippen molar-refractivity contribution in [3.05, 3.63) is 102 Å². The molecule has 2 aromatic heterocycles. The van der Waals surface area contributed by atoms with Crippen LogP contribution in [0.3, 0.4) is 0 Å². The number of piperazine rings is 1. The van der Waals surface area contributed by atoms with Crippen molar-refractivity contribution in [3.8, 4) is 5.75 Å². The number of likely N-dealkylation sites (N-methyl/N-ethyl adjacent to an activating group) is 2. The largest absolute Gasteiger partial charge is 0.491 e. The summed E-state index contributed by atoms with van der Waals surface area (Å²) in [5.74, 6) is -2.59. The fraction of sp³-hybridized carbons (Fsp3) is 0.341. The molecule has 14 heteroatoms. The molecule has 0 saturated carbocycles. The van der Waals surface area contributed by atoms with Gasteiger partial charge in [-0.15, -0.1) is 0 Å². The van der Waals surface area contributed by atoms with Crippen LogP contribution < -0.4 is 10.1 Å². The number of H-pyrrole nitrogens is 2. The van der Waals surface area contributed by atoms with Crippen molar-refractivity contribution in [1.29, 1.82) is 0 Å². The molecule has 2 aliphatic heterocycles. The predicted molar refractivity (Wildman–Crippen MR) is 204 cm³/mol. The van der Waals surface area contributed by atoms with Crippen molar-refractivity contribution in [3.63, 3.8) is 0 Å². The molecule has 0 spiro atoms. The third kappa shape index (κ3) is 8.03. The van der Waals surface area contributed by atoms with Crippen LogP contribution in [0.2, 0.25) is 0 Å². The van der Waals surface area contributed by atoms with Gasteiger partial charge in [-0.05, 0) is 54.3 Å². The number of rotatable bonds is 6. The van der Waals surface area contributed by atoms with Crippen LogP contribution >= 0.6 is 0 Å². The van der Waals surface area contributed by atoms with E-state index >= 15 is 0 Å². The lowest BCUT2D eigenvalue weighted by atomic mass is 10.1. The summed E-state index contributed by atoms with van der Waals surface area (Å²) in [6, 6.07) is 17.4. The van der Waals surface area contributed by atoms with E-state index in [9.17, 15) is 28.4 Å². The zero-order chi connectivity index (χ0) is 38.6. The minimum absolute atomic E-state index is 0.0378. The number of nitrogens with zero attached hydrogens (tertiary/aromatic N) is 4. The molecular weight excluding hydrogens is 705 g/mol. The molecular formula is C41H44FN7O6. The van der Waals surface area contributed by atoms with E-state index in [4.69, 9.17) is 4.74 Å². The van der Waals surface area contributed by atoms with Gasteiger partial charge in [0.25, 0.3) is 5.91 Å². The van der Waals surface area contributed by atoms with Crippen LogP contribution in [-0.4, -0.2) is 125 Å². The molecule has 2 aliphatic rings. The summed E-state index contributed by atoms with van der Waals surface area (Å²) < 4.78 is 20.9. The van der Waals surface area contributed by atoms with Gasteiger partial charge in [0.1, 0.15) is 24.2 Å². The Hall–Kier alpha value is -6.18. The summed E-state index contributed by atoms with van der Waals surface area (Å²) in [5.41, 5.74) is 3.67. The van der Waals surface area contributed by atoms with E-state index in [2.05, 4.69) is 15.3 Å². The van der Waals surface area contributed by atoms with Crippen molar-refractivity contribution < 1.29 is 33.1 Å². The average Bonchev–Trinajstić information content (AvgIpc) is 3.80. The van der Waals surface area contributed by atoms with Gasteiger partial charge in [-0.3, -0.25) is 24.0 Å². The van der Waals surface area contributed by atoms with Gasteiger partial charge in [0.05, 0.1) is 24.6 Å². The van der Waals surface area contributed by atoms with E-state index in [1.54, 1.807) is 9.80 Å². The quantitative estimate of drug-likeness (QED) is 0.242. The Labute approximate surface area is 317 Å². The second kappa shape index (κ2) is 16.0. The first-order valence-corrected chi connectivity index (χ1v) is 18.5. The number of halogens is 1. The maximum Gasteiger partial charge on any atom is 0.258 e. The van der Waals surface area contributed by atoms with Crippen molar-refractivity contribution in [2.45, 2.75) is 37.8 Å². The van der Waals surface area contributed by atoms with E-state index in [-0.39, 0.29) is 87.6 Å². The predicted octanol–water partition coefficient (Wildman–Crippen LogP) is 3.50. The Kier molecular flexibility index (Phi) is 10.8. The van der Waals surface area contributed by atoms with Crippen molar-refractivity contribution in [2.24, 2.45) is 0 Å². The Balaban J connectivity index is 1.10. The second-order valence-electron chi connectivity index (χ2n) is 14.2. The highest BCUT2D eigenvalue weighted by Crippen LogP contribution is 2.26. The molecule has 0 bridgehead atoms. The van der Waals surface area contributed by atoms with Crippen LogP contribution in [0, 0.1) is 5.82 Å². The molecule has 3 aromatic carbocycles. The lowest BCUT2D eigenvalue weighted by Crippen LogP contribution is -2.60. The van der Waals surface area contributed by atoms with E-state index in [1.165, 1.54) is 36.0 Å². The van der Waals surface area contributed by atoms with Crippen LogP contribution in [-0.2, 0) is 32.0 Å². The molecule has 13 nitrogen and oxygen atoms in total. The molecule has 5 aromatic rings. The second-order valence-corrected chi connectivity index (χ2v) is 14.2. The summed E-state index contributed by atoms with van der Waals surface area (Å²) in [4.78, 5) is 80.9. The minimum atomic E-state index is -1.09. The lowest BCUT2D eigenvalue weighted by molar-refractivity contribution is -0.146. The van der Waals surface area contributed by atoms with Gasteiger partial charge in [-0.25, -0.2) is 4.39 Å². The zero-order valence-electron chi connectivity index (χ0n) is 30.8. The molecule has 3 N–H and O–H groups in total. The summed E-state index contributed by atoms with van der Waals surface area (Å²) in [6.07, 6.45) is 4.23. The van der Waals surface area contributed by atoms with E-state index in [1.807, 2.05) is 60.9 Å². The molecule has 1 fully saturated rings. The van der Waals surface area contributed by atoms with Gasteiger partial charge in [0.15, 0.2) is 0 Å². The first-order chi connectivity index (χ1) is 26.6. The first-order valence-electron chi connectivity index (χ1n) is 18.5. The number of nitrogens with one attached hydrogen (secondary N) is 3. The molecule has 0 aliphatic carbocycles. The number of hydrogen-bond acceptors (Lipinski definition) is 6. The summed E-state index contributed by atoms with van der Waals surface area (Å²) in [7, 11) is 2.96. The Morgan fingerprint density at radius 1 is 0.891 bits per heavy atom. The van der Waals surface area contributed by atoms with Crippen molar-refractivity contribution >= 4 is 51.3 Å². The number of para-hydroxylation sites is 2. The molecule has 286 valence electrons. The number of amides is 5. The van der Waals surface area contributed by atoms with Crippen LogP contribution in [0.5, 0.6) is 5.75 Å². The van der Waals surface area contributed by atoms with Crippen LogP contribution in [0.15, 0.2) is 79.1 Å².